The second-order valence-electron chi connectivity index (χ2n) is 2.48. The lowest BCUT2D eigenvalue weighted by atomic mass is 10.1. The van der Waals surface area contributed by atoms with E-state index in [4.69, 9.17) is 10.2 Å². The number of aliphatic carboxylic acids is 2. The fraction of sp³-hybridized carbons (Fsp3) is 0.100. The number of carbonyl (C=O) groups is 3. The van der Waals surface area contributed by atoms with Gasteiger partial charge >= 0.3 is 17.9 Å². The highest BCUT2D eigenvalue weighted by Gasteiger charge is 2.21. The molecule has 6 heteroatoms. The zero-order valence-electron chi connectivity index (χ0n) is 8.47. The lowest BCUT2D eigenvalue weighted by molar-refractivity contribution is -0.137. The average molecular weight is 226 g/mol. The van der Waals surface area contributed by atoms with Crippen LogP contribution in [0.15, 0.2) is 36.1 Å². The first-order chi connectivity index (χ1) is 7.43. The van der Waals surface area contributed by atoms with Gasteiger partial charge in [0.15, 0.2) is 0 Å². The maximum Gasteiger partial charge on any atom is 0.343 e. The summed E-state index contributed by atoms with van der Waals surface area (Å²) >= 11 is 0. The van der Waals surface area contributed by atoms with Crippen LogP contribution in [0.1, 0.15) is 6.92 Å². The molecule has 0 bridgehead atoms. The van der Waals surface area contributed by atoms with E-state index in [0.29, 0.717) is 6.08 Å². The van der Waals surface area contributed by atoms with Crippen molar-refractivity contribution in [2.75, 3.05) is 0 Å². The highest BCUT2D eigenvalue weighted by Crippen LogP contribution is 2.12. The normalized spacial score (nSPS) is 11.8. The fourth-order valence-electron chi connectivity index (χ4n) is 0.901. The Labute approximate surface area is 91.1 Å². The molecule has 0 radical (unpaired) electrons. The van der Waals surface area contributed by atoms with E-state index < -0.39 is 23.5 Å². The molecule has 0 fully saturated rings. The summed E-state index contributed by atoms with van der Waals surface area (Å²) in [5.41, 5.74) is -1.00. The summed E-state index contributed by atoms with van der Waals surface area (Å²) in [4.78, 5) is 32.4. The molecule has 86 valence electrons. The SMILES string of the molecule is C=COC(=O)C(=CC)C(=CC(=O)O)C(=O)O. The topological polar surface area (TPSA) is 101 Å². The zero-order chi connectivity index (χ0) is 12.7. The van der Waals surface area contributed by atoms with E-state index in [-0.39, 0.29) is 5.57 Å². The summed E-state index contributed by atoms with van der Waals surface area (Å²) < 4.78 is 4.37. The number of hydrogen-bond acceptors (Lipinski definition) is 4. The first-order valence-corrected chi connectivity index (χ1v) is 4.10. The average Bonchev–Trinajstić information content (AvgIpc) is 2.17. The van der Waals surface area contributed by atoms with E-state index in [1.165, 1.54) is 6.92 Å². The second-order valence-corrected chi connectivity index (χ2v) is 2.48. The van der Waals surface area contributed by atoms with Crippen molar-refractivity contribution < 1.29 is 29.3 Å². The van der Waals surface area contributed by atoms with E-state index in [1.807, 2.05) is 0 Å². The zero-order valence-corrected chi connectivity index (χ0v) is 8.47. The molecule has 0 spiro atoms. The minimum atomic E-state index is -1.53. The third kappa shape index (κ3) is 3.79. The van der Waals surface area contributed by atoms with Crippen LogP contribution in [0.25, 0.3) is 0 Å². The summed E-state index contributed by atoms with van der Waals surface area (Å²) in [5.74, 6) is -3.98. The molecular weight excluding hydrogens is 216 g/mol. The van der Waals surface area contributed by atoms with Crippen LogP contribution in [0.5, 0.6) is 0 Å². The Hall–Kier alpha value is -2.37. The van der Waals surface area contributed by atoms with E-state index in [1.54, 1.807) is 0 Å². The van der Waals surface area contributed by atoms with E-state index >= 15 is 0 Å². The smallest absolute Gasteiger partial charge is 0.343 e. The Kier molecular flexibility index (Phi) is 5.26. The fourth-order valence-corrected chi connectivity index (χ4v) is 0.901. The number of carbonyl (C=O) groups excluding carboxylic acids is 1. The molecule has 0 aliphatic rings. The molecule has 0 aliphatic carbocycles. The molecule has 0 aromatic rings. The molecule has 2 N–H and O–H groups in total. The van der Waals surface area contributed by atoms with Crippen molar-refractivity contribution in [2.24, 2.45) is 0 Å². The quantitative estimate of drug-likeness (QED) is 0.310. The molecule has 0 amide bonds. The van der Waals surface area contributed by atoms with Crippen LogP contribution in [0.2, 0.25) is 0 Å². The van der Waals surface area contributed by atoms with Gasteiger partial charge in [0.05, 0.1) is 17.4 Å². The Morgan fingerprint density at radius 3 is 2.06 bits per heavy atom. The number of allylic oxidation sites excluding steroid dienone is 1. The van der Waals surface area contributed by atoms with Gasteiger partial charge in [0.25, 0.3) is 0 Å². The molecule has 0 saturated heterocycles. The van der Waals surface area contributed by atoms with Gasteiger partial charge in [-0.1, -0.05) is 12.7 Å². The molecular formula is C10H10O6. The van der Waals surface area contributed by atoms with Crippen LogP contribution < -0.4 is 0 Å². The number of carboxylic acids is 2. The minimum absolute atomic E-state index is 0.352. The Morgan fingerprint density at radius 2 is 1.75 bits per heavy atom. The maximum absolute atomic E-state index is 11.2. The molecule has 0 aromatic heterocycles. The van der Waals surface area contributed by atoms with Crippen molar-refractivity contribution in [1.29, 1.82) is 0 Å². The summed E-state index contributed by atoms with van der Waals surface area (Å²) in [6.45, 7) is 4.52. The molecule has 6 nitrogen and oxygen atoms in total. The number of esters is 1. The van der Waals surface area contributed by atoms with Crippen molar-refractivity contribution in [3.8, 4) is 0 Å². The van der Waals surface area contributed by atoms with Gasteiger partial charge in [0.1, 0.15) is 0 Å². The van der Waals surface area contributed by atoms with Crippen molar-refractivity contribution in [1.82, 2.24) is 0 Å². The minimum Gasteiger partial charge on any atom is -0.478 e. The summed E-state index contributed by atoms with van der Waals surface area (Å²) in [6, 6.07) is 0. The van der Waals surface area contributed by atoms with Crippen molar-refractivity contribution >= 4 is 17.9 Å². The first kappa shape index (κ1) is 13.6. The van der Waals surface area contributed by atoms with Gasteiger partial charge in [0, 0.05) is 6.08 Å². The molecule has 0 saturated carbocycles. The third-order valence-electron chi connectivity index (χ3n) is 1.49. The van der Waals surface area contributed by atoms with E-state index in [0.717, 1.165) is 12.3 Å². The van der Waals surface area contributed by atoms with Crippen molar-refractivity contribution in [2.45, 2.75) is 6.92 Å². The molecule has 16 heavy (non-hydrogen) atoms. The van der Waals surface area contributed by atoms with Crippen molar-refractivity contribution in [3.63, 3.8) is 0 Å². The lowest BCUT2D eigenvalue weighted by Gasteiger charge is -2.04. The van der Waals surface area contributed by atoms with Gasteiger partial charge in [-0.05, 0) is 6.92 Å². The molecule has 0 aliphatic heterocycles. The van der Waals surface area contributed by atoms with E-state index in [9.17, 15) is 14.4 Å². The Morgan fingerprint density at radius 1 is 1.19 bits per heavy atom. The molecule has 0 aromatic carbocycles. The van der Waals surface area contributed by atoms with Gasteiger partial charge in [-0.3, -0.25) is 0 Å². The summed E-state index contributed by atoms with van der Waals surface area (Å²) in [5, 5.41) is 17.2. The predicted molar refractivity (Wildman–Crippen MR) is 53.4 cm³/mol. The number of hydrogen-bond donors (Lipinski definition) is 2. The van der Waals surface area contributed by atoms with Crippen LogP contribution in [0.4, 0.5) is 0 Å². The molecule has 0 rings (SSSR count). The first-order valence-electron chi connectivity index (χ1n) is 4.10. The standard InChI is InChI=1S/C10H10O6/c1-3-6(10(15)16-4-2)7(9(13)14)5-8(11)12/h3-5H,2H2,1H3,(H,11,12)(H,13,14). The van der Waals surface area contributed by atoms with Crippen LogP contribution in [-0.2, 0) is 19.1 Å². The summed E-state index contributed by atoms with van der Waals surface area (Å²) in [6.07, 6.45) is 2.39. The predicted octanol–water partition coefficient (Wildman–Crippen LogP) is 0.715. The van der Waals surface area contributed by atoms with Crippen molar-refractivity contribution in [3.05, 3.63) is 36.1 Å². The van der Waals surface area contributed by atoms with E-state index in [2.05, 4.69) is 11.3 Å². The van der Waals surface area contributed by atoms with Gasteiger partial charge in [-0.2, -0.15) is 0 Å². The Balaban J connectivity index is 5.35. The monoisotopic (exact) mass is 226 g/mol. The van der Waals surface area contributed by atoms with Gasteiger partial charge in [-0.25, -0.2) is 14.4 Å². The Bertz CT molecular complexity index is 388. The third-order valence-corrected chi connectivity index (χ3v) is 1.49. The maximum atomic E-state index is 11.2. The van der Waals surface area contributed by atoms with Crippen LogP contribution in [0.3, 0.4) is 0 Å². The lowest BCUT2D eigenvalue weighted by Crippen LogP contribution is -2.14. The highest BCUT2D eigenvalue weighted by molar-refractivity contribution is 6.09. The van der Waals surface area contributed by atoms with Gasteiger partial charge in [0.2, 0.25) is 0 Å². The number of carboxylic acid groups (broad SMARTS) is 2. The van der Waals surface area contributed by atoms with Crippen LogP contribution in [0, 0.1) is 0 Å². The molecule has 0 atom stereocenters. The summed E-state index contributed by atoms with van der Waals surface area (Å²) in [7, 11) is 0. The van der Waals surface area contributed by atoms with Crippen LogP contribution in [-0.4, -0.2) is 28.1 Å². The van der Waals surface area contributed by atoms with Crippen LogP contribution >= 0.6 is 0 Å². The van der Waals surface area contributed by atoms with Gasteiger partial charge in [-0.15, -0.1) is 0 Å². The number of rotatable bonds is 5. The highest BCUT2D eigenvalue weighted by atomic mass is 16.5. The largest absolute Gasteiger partial charge is 0.478 e. The second kappa shape index (κ2) is 6.18. The molecule has 0 unspecified atom stereocenters. The molecule has 0 heterocycles. The number of ether oxygens (including phenoxy) is 1. The van der Waals surface area contributed by atoms with Gasteiger partial charge < -0.3 is 14.9 Å².